The highest BCUT2D eigenvalue weighted by Crippen LogP contribution is 2.29. The predicted octanol–water partition coefficient (Wildman–Crippen LogP) is 4.50. The zero-order valence-corrected chi connectivity index (χ0v) is 20.0. The molecule has 1 aromatic carbocycles. The lowest BCUT2D eigenvalue weighted by atomic mass is 10.2. The van der Waals surface area contributed by atoms with E-state index in [1.807, 2.05) is 42.7 Å². The van der Waals surface area contributed by atoms with E-state index in [0.29, 0.717) is 40.8 Å². The van der Waals surface area contributed by atoms with Crippen molar-refractivity contribution in [3.63, 3.8) is 0 Å². The number of carbonyl (C=O) groups is 1. The van der Waals surface area contributed by atoms with E-state index in [2.05, 4.69) is 34.5 Å². The molecule has 0 radical (unpaired) electrons. The molecule has 0 spiro atoms. The second-order valence-corrected chi connectivity index (χ2v) is 9.16. The summed E-state index contributed by atoms with van der Waals surface area (Å²) in [7, 11) is 1.62. The number of nitrogens with zero attached hydrogens (tertiary/aromatic N) is 4. The van der Waals surface area contributed by atoms with Crippen molar-refractivity contribution >= 4 is 23.5 Å². The standard InChI is InChI=1S/C22H29N5O4S/c1-13(2)12-27-20(15(4)30-18-9-7-8-17(11-18)29-6)24-25-22(27)32-16(5)21(28)23-19-10-14(3)31-26-19/h7-11,13,15-16H,12H2,1-6H3,(H,23,26,28). The van der Waals surface area contributed by atoms with E-state index >= 15 is 0 Å². The minimum atomic E-state index is -0.412. The Labute approximate surface area is 191 Å². The summed E-state index contributed by atoms with van der Waals surface area (Å²) in [5, 5.41) is 15.6. The molecule has 1 amide bonds. The van der Waals surface area contributed by atoms with Crippen molar-refractivity contribution in [3.05, 3.63) is 41.9 Å². The number of hydrogen-bond acceptors (Lipinski definition) is 8. The number of nitrogens with one attached hydrogen (secondary N) is 1. The van der Waals surface area contributed by atoms with Gasteiger partial charge in [0.15, 0.2) is 22.9 Å². The van der Waals surface area contributed by atoms with Crippen molar-refractivity contribution in [2.45, 2.75) is 57.7 Å². The van der Waals surface area contributed by atoms with E-state index in [-0.39, 0.29) is 12.0 Å². The normalized spacial score (nSPS) is 13.1. The number of rotatable bonds is 10. The summed E-state index contributed by atoms with van der Waals surface area (Å²) in [4.78, 5) is 12.6. The first-order valence-electron chi connectivity index (χ1n) is 10.4. The van der Waals surface area contributed by atoms with E-state index in [4.69, 9.17) is 14.0 Å². The van der Waals surface area contributed by atoms with Gasteiger partial charge in [0, 0.05) is 18.7 Å². The Hall–Kier alpha value is -3.01. The largest absolute Gasteiger partial charge is 0.497 e. The Morgan fingerprint density at radius 1 is 1.19 bits per heavy atom. The molecule has 3 rings (SSSR count). The zero-order chi connectivity index (χ0) is 23.3. The number of amides is 1. The number of aromatic nitrogens is 4. The molecule has 2 atom stereocenters. The molecule has 2 aromatic heterocycles. The Bertz CT molecular complexity index is 1050. The molecule has 0 aliphatic carbocycles. The molecule has 0 bridgehead atoms. The van der Waals surface area contributed by atoms with Gasteiger partial charge in [-0.05, 0) is 38.8 Å². The van der Waals surface area contributed by atoms with Crippen LogP contribution in [0.15, 0.2) is 40.0 Å². The molecule has 0 saturated carbocycles. The fraction of sp³-hybridized carbons (Fsp3) is 0.455. The third-order valence-electron chi connectivity index (χ3n) is 4.54. The van der Waals surface area contributed by atoms with Gasteiger partial charge in [-0.3, -0.25) is 4.79 Å². The minimum absolute atomic E-state index is 0.190. The summed E-state index contributed by atoms with van der Waals surface area (Å²) in [5.41, 5.74) is 0. The lowest BCUT2D eigenvalue weighted by Crippen LogP contribution is -2.23. The van der Waals surface area contributed by atoms with Gasteiger partial charge in [-0.1, -0.05) is 36.8 Å². The summed E-state index contributed by atoms with van der Waals surface area (Å²) >= 11 is 1.34. The van der Waals surface area contributed by atoms with Crippen molar-refractivity contribution in [3.8, 4) is 11.5 Å². The minimum Gasteiger partial charge on any atom is -0.497 e. The Morgan fingerprint density at radius 3 is 2.59 bits per heavy atom. The molecule has 32 heavy (non-hydrogen) atoms. The molecule has 0 aliphatic heterocycles. The fourth-order valence-corrected chi connectivity index (χ4v) is 3.89. The highest BCUT2D eigenvalue weighted by Gasteiger charge is 2.24. The van der Waals surface area contributed by atoms with Crippen LogP contribution in [-0.2, 0) is 11.3 Å². The molecule has 0 fully saturated rings. The predicted molar refractivity (Wildman–Crippen MR) is 122 cm³/mol. The molecule has 3 aromatic rings. The molecule has 10 heteroatoms. The third kappa shape index (κ3) is 6.03. The van der Waals surface area contributed by atoms with E-state index in [0.717, 1.165) is 5.75 Å². The lowest BCUT2D eigenvalue weighted by molar-refractivity contribution is -0.115. The van der Waals surface area contributed by atoms with Crippen molar-refractivity contribution in [1.29, 1.82) is 0 Å². The van der Waals surface area contributed by atoms with E-state index in [1.165, 1.54) is 11.8 Å². The highest BCUT2D eigenvalue weighted by molar-refractivity contribution is 8.00. The van der Waals surface area contributed by atoms with Gasteiger partial charge in [0.05, 0.1) is 12.4 Å². The van der Waals surface area contributed by atoms with Gasteiger partial charge in [0.1, 0.15) is 17.3 Å². The number of hydrogen-bond donors (Lipinski definition) is 1. The summed E-state index contributed by atoms with van der Waals surface area (Å²) in [6.45, 7) is 10.5. The maximum atomic E-state index is 12.6. The van der Waals surface area contributed by atoms with Crippen LogP contribution in [0.25, 0.3) is 0 Å². The first-order chi connectivity index (χ1) is 15.3. The SMILES string of the molecule is COc1cccc(OC(C)c2nnc(SC(C)C(=O)Nc3cc(C)on3)n2CC(C)C)c1. The van der Waals surface area contributed by atoms with Gasteiger partial charge in [-0.15, -0.1) is 10.2 Å². The Kier molecular flexibility index (Phi) is 7.79. The van der Waals surface area contributed by atoms with E-state index < -0.39 is 5.25 Å². The van der Waals surface area contributed by atoms with Crippen LogP contribution in [0.1, 0.15) is 45.4 Å². The van der Waals surface area contributed by atoms with Crippen LogP contribution in [0.3, 0.4) is 0 Å². The molecular formula is C22H29N5O4S. The molecule has 2 heterocycles. The van der Waals surface area contributed by atoms with Crippen LogP contribution in [0, 0.1) is 12.8 Å². The fourth-order valence-electron chi connectivity index (χ4n) is 3.02. The number of aryl methyl sites for hydroxylation is 1. The van der Waals surface area contributed by atoms with Crippen molar-refractivity contribution in [1.82, 2.24) is 19.9 Å². The van der Waals surface area contributed by atoms with Gasteiger partial charge in [-0.25, -0.2) is 0 Å². The van der Waals surface area contributed by atoms with Crippen molar-refractivity contribution in [2.24, 2.45) is 5.92 Å². The van der Waals surface area contributed by atoms with E-state index in [1.54, 1.807) is 20.1 Å². The summed E-state index contributed by atoms with van der Waals surface area (Å²) in [5.74, 6) is 3.29. The number of benzene rings is 1. The molecule has 9 nitrogen and oxygen atoms in total. The van der Waals surface area contributed by atoms with Crippen LogP contribution in [0.4, 0.5) is 5.82 Å². The molecular weight excluding hydrogens is 430 g/mol. The van der Waals surface area contributed by atoms with Crippen LogP contribution < -0.4 is 14.8 Å². The monoisotopic (exact) mass is 459 g/mol. The van der Waals surface area contributed by atoms with Crippen molar-refractivity contribution in [2.75, 3.05) is 12.4 Å². The van der Waals surface area contributed by atoms with Crippen LogP contribution in [-0.4, -0.2) is 38.2 Å². The molecule has 0 saturated heterocycles. The number of carbonyl (C=O) groups excluding carboxylic acids is 1. The van der Waals surface area contributed by atoms with E-state index in [9.17, 15) is 4.79 Å². The second kappa shape index (κ2) is 10.5. The second-order valence-electron chi connectivity index (χ2n) is 7.86. The summed E-state index contributed by atoms with van der Waals surface area (Å²) in [6.07, 6.45) is -0.343. The van der Waals surface area contributed by atoms with Gasteiger partial charge >= 0.3 is 0 Å². The number of methoxy groups -OCH3 is 1. The molecule has 0 aliphatic rings. The summed E-state index contributed by atoms with van der Waals surface area (Å²) in [6, 6.07) is 9.10. The topological polar surface area (TPSA) is 104 Å². The first kappa shape index (κ1) is 23.6. The molecule has 1 N–H and O–H groups in total. The molecule has 2 unspecified atom stereocenters. The maximum Gasteiger partial charge on any atom is 0.238 e. The Balaban J connectivity index is 1.75. The quantitative estimate of drug-likeness (QED) is 0.442. The van der Waals surface area contributed by atoms with Crippen molar-refractivity contribution < 1.29 is 18.8 Å². The van der Waals surface area contributed by atoms with Gasteiger partial charge in [0.2, 0.25) is 5.91 Å². The maximum absolute atomic E-state index is 12.6. The summed E-state index contributed by atoms with van der Waals surface area (Å²) < 4.78 is 18.4. The van der Waals surface area contributed by atoms with Crippen LogP contribution in [0.5, 0.6) is 11.5 Å². The number of anilines is 1. The van der Waals surface area contributed by atoms with Crippen LogP contribution in [0.2, 0.25) is 0 Å². The first-order valence-corrected chi connectivity index (χ1v) is 11.3. The number of ether oxygens (including phenoxy) is 2. The number of thioether (sulfide) groups is 1. The third-order valence-corrected chi connectivity index (χ3v) is 5.62. The van der Waals surface area contributed by atoms with Gasteiger partial charge < -0.3 is 23.9 Å². The average Bonchev–Trinajstić information content (AvgIpc) is 3.33. The smallest absolute Gasteiger partial charge is 0.238 e. The zero-order valence-electron chi connectivity index (χ0n) is 19.2. The Morgan fingerprint density at radius 2 is 1.94 bits per heavy atom. The molecule has 172 valence electrons. The average molecular weight is 460 g/mol. The van der Waals surface area contributed by atoms with Gasteiger partial charge in [0.25, 0.3) is 0 Å². The van der Waals surface area contributed by atoms with Gasteiger partial charge in [-0.2, -0.15) is 0 Å². The van der Waals surface area contributed by atoms with Crippen LogP contribution >= 0.6 is 11.8 Å². The lowest BCUT2D eigenvalue weighted by Gasteiger charge is -2.19. The highest BCUT2D eigenvalue weighted by atomic mass is 32.2.